The van der Waals surface area contributed by atoms with Gasteiger partial charge in [0.1, 0.15) is 11.9 Å². The first-order valence-electron chi connectivity index (χ1n) is 7.17. The summed E-state index contributed by atoms with van der Waals surface area (Å²) >= 11 is 0. The first-order valence-corrected chi connectivity index (χ1v) is 7.17. The average molecular weight is 272 g/mol. The molecule has 0 radical (unpaired) electrons. The summed E-state index contributed by atoms with van der Waals surface area (Å²) in [6.45, 7) is 0.553. The second kappa shape index (κ2) is 7.49. The summed E-state index contributed by atoms with van der Waals surface area (Å²) in [5, 5.41) is 14.8. The number of carbonyl (C=O) groups is 1. The molecule has 2 rings (SSSR count). The molecule has 0 atom stereocenters. The molecule has 1 aliphatic carbocycles. The number of hydrogen-bond donors (Lipinski definition) is 2. The second-order valence-corrected chi connectivity index (χ2v) is 5.12. The number of nitrogens with zero attached hydrogens (tertiary/aromatic N) is 2. The molecule has 0 saturated heterocycles. The highest BCUT2D eigenvalue weighted by molar-refractivity contribution is 5.76. The van der Waals surface area contributed by atoms with Crippen LogP contribution in [0.5, 0.6) is 0 Å². The molecule has 2 N–H and O–H groups in total. The van der Waals surface area contributed by atoms with Crippen LogP contribution in [0.15, 0.2) is 18.3 Å². The molecule has 20 heavy (non-hydrogen) atoms. The minimum atomic E-state index is 0.0954. The third kappa shape index (κ3) is 4.54. The molecule has 0 aliphatic heterocycles. The fourth-order valence-corrected chi connectivity index (χ4v) is 2.42. The fraction of sp³-hybridized carbons (Fsp3) is 0.533. The summed E-state index contributed by atoms with van der Waals surface area (Å²) in [5.41, 5.74) is 0.533. The summed E-state index contributed by atoms with van der Waals surface area (Å²) < 4.78 is 0. The van der Waals surface area contributed by atoms with Crippen molar-refractivity contribution in [3.63, 3.8) is 0 Å². The number of pyridine rings is 1. The maximum absolute atomic E-state index is 11.8. The van der Waals surface area contributed by atoms with E-state index in [1.807, 2.05) is 6.07 Å². The van der Waals surface area contributed by atoms with Gasteiger partial charge in [0.15, 0.2) is 0 Å². The van der Waals surface area contributed by atoms with Crippen molar-refractivity contribution in [3.8, 4) is 6.07 Å². The Labute approximate surface area is 119 Å². The Morgan fingerprint density at radius 3 is 2.80 bits per heavy atom. The van der Waals surface area contributed by atoms with E-state index in [-0.39, 0.29) is 5.91 Å². The lowest BCUT2D eigenvalue weighted by Gasteiger charge is -2.22. The van der Waals surface area contributed by atoms with Gasteiger partial charge >= 0.3 is 0 Å². The van der Waals surface area contributed by atoms with Gasteiger partial charge in [-0.2, -0.15) is 5.26 Å². The molecule has 0 spiro atoms. The summed E-state index contributed by atoms with van der Waals surface area (Å²) in [6.07, 6.45) is 7.91. The fourth-order valence-electron chi connectivity index (χ4n) is 2.42. The zero-order valence-corrected chi connectivity index (χ0v) is 11.6. The Bertz CT molecular complexity index is 472. The van der Waals surface area contributed by atoms with Crippen LogP contribution in [0.25, 0.3) is 0 Å². The first kappa shape index (κ1) is 14.3. The summed E-state index contributed by atoms with van der Waals surface area (Å²) in [5.74, 6) is 0.785. The molecule has 0 aromatic carbocycles. The van der Waals surface area contributed by atoms with E-state index in [1.54, 1.807) is 12.1 Å². The van der Waals surface area contributed by atoms with E-state index in [4.69, 9.17) is 5.26 Å². The third-order valence-corrected chi connectivity index (χ3v) is 3.52. The predicted molar refractivity (Wildman–Crippen MR) is 77.1 cm³/mol. The van der Waals surface area contributed by atoms with Crippen molar-refractivity contribution in [1.82, 2.24) is 10.3 Å². The second-order valence-electron chi connectivity index (χ2n) is 5.12. The summed E-state index contributed by atoms with van der Waals surface area (Å²) in [7, 11) is 0. The van der Waals surface area contributed by atoms with Crippen LogP contribution in [0.3, 0.4) is 0 Å². The Kier molecular flexibility index (Phi) is 5.36. The van der Waals surface area contributed by atoms with Gasteiger partial charge in [0.25, 0.3) is 0 Å². The first-order chi connectivity index (χ1) is 9.78. The Hall–Kier alpha value is -2.09. The number of nitriles is 1. The largest absolute Gasteiger partial charge is 0.370 e. The van der Waals surface area contributed by atoms with E-state index in [0.29, 0.717) is 30.4 Å². The molecule has 1 heterocycles. The molecule has 0 bridgehead atoms. The van der Waals surface area contributed by atoms with Crippen molar-refractivity contribution < 1.29 is 4.79 Å². The maximum atomic E-state index is 11.8. The van der Waals surface area contributed by atoms with E-state index in [9.17, 15) is 4.79 Å². The Morgan fingerprint density at radius 1 is 1.35 bits per heavy atom. The van der Waals surface area contributed by atoms with Crippen LogP contribution in [0.2, 0.25) is 0 Å². The normalized spacial score (nSPS) is 15.3. The highest BCUT2D eigenvalue weighted by atomic mass is 16.1. The lowest BCUT2D eigenvalue weighted by atomic mass is 9.95. The summed E-state index contributed by atoms with van der Waals surface area (Å²) in [6, 6.07) is 5.84. The van der Waals surface area contributed by atoms with Gasteiger partial charge < -0.3 is 10.6 Å². The van der Waals surface area contributed by atoms with Gasteiger partial charge in [0.05, 0.1) is 5.56 Å². The van der Waals surface area contributed by atoms with Crippen molar-refractivity contribution in [2.45, 2.75) is 44.6 Å². The van der Waals surface area contributed by atoms with Crippen LogP contribution in [0.1, 0.15) is 44.1 Å². The topological polar surface area (TPSA) is 77.8 Å². The zero-order chi connectivity index (χ0) is 14.2. The van der Waals surface area contributed by atoms with E-state index in [2.05, 4.69) is 15.6 Å². The Morgan fingerprint density at radius 2 is 2.15 bits per heavy atom. The van der Waals surface area contributed by atoms with E-state index >= 15 is 0 Å². The number of hydrogen-bond acceptors (Lipinski definition) is 4. The van der Waals surface area contributed by atoms with Crippen LogP contribution in [-0.2, 0) is 4.79 Å². The quantitative estimate of drug-likeness (QED) is 0.861. The standard InChI is InChI=1S/C15H20N4O/c16-10-12-6-7-14(18-11-12)17-9-8-15(20)19-13-4-2-1-3-5-13/h6-7,11,13H,1-5,8-9H2,(H,17,18)(H,19,20). The minimum Gasteiger partial charge on any atom is -0.370 e. The molecule has 1 aromatic heterocycles. The molecule has 1 amide bonds. The lowest BCUT2D eigenvalue weighted by Crippen LogP contribution is -2.36. The van der Waals surface area contributed by atoms with Gasteiger partial charge in [-0.15, -0.1) is 0 Å². The molecule has 1 fully saturated rings. The SMILES string of the molecule is N#Cc1ccc(NCCC(=O)NC2CCCCC2)nc1. The van der Waals surface area contributed by atoms with E-state index < -0.39 is 0 Å². The highest BCUT2D eigenvalue weighted by Crippen LogP contribution is 2.17. The molecule has 1 aromatic rings. The van der Waals surface area contributed by atoms with Gasteiger partial charge in [0, 0.05) is 25.2 Å². The molecule has 5 nitrogen and oxygen atoms in total. The van der Waals surface area contributed by atoms with Crippen molar-refractivity contribution in [3.05, 3.63) is 23.9 Å². The molecule has 1 aliphatic rings. The van der Waals surface area contributed by atoms with Gasteiger partial charge in [0.2, 0.25) is 5.91 Å². The number of anilines is 1. The van der Waals surface area contributed by atoms with Crippen molar-refractivity contribution in [2.24, 2.45) is 0 Å². The monoisotopic (exact) mass is 272 g/mol. The maximum Gasteiger partial charge on any atom is 0.221 e. The zero-order valence-electron chi connectivity index (χ0n) is 11.6. The van der Waals surface area contributed by atoms with Crippen molar-refractivity contribution >= 4 is 11.7 Å². The molecule has 106 valence electrons. The average Bonchev–Trinajstić information content (AvgIpc) is 2.49. The van der Waals surface area contributed by atoms with Gasteiger partial charge in [-0.3, -0.25) is 4.79 Å². The number of rotatable bonds is 5. The number of carbonyl (C=O) groups excluding carboxylic acids is 1. The van der Waals surface area contributed by atoms with Crippen molar-refractivity contribution in [1.29, 1.82) is 5.26 Å². The van der Waals surface area contributed by atoms with Crippen LogP contribution >= 0.6 is 0 Å². The Balaban J connectivity index is 1.66. The van der Waals surface area contributed by atoms with Crippen LogP contribution in [-0.4, -0.2) is 23.5 Å². The van der Waals surface area contributed by atoms with Gasteiger partial charge in [-0.05, 0) is 25.0 Å². The van der Waals surface area contributed by atoms with E-state index in [0.717, 1.165) is 12.8 Å². The lowest BCUT2D eigenvalue weighted by molar-refractivity contribution is -0.121. The molecular weight excluding hydrogens is 252 g/mol. The van der Waals surface area contributed by atoms with E-state index in [1.165, 1.54) is 25.5 Å². The molecular formula is C15H20N4O. The van der Waals surface area contributed by atoms with Crippen LogP contribution < -0.4 is 10.6 Å². The highest BCUT2D eigenvalue weighted by Gasteiger charge is 2.15. The molecule has 5 heteroatoms. The number of amides is 1. The number of aromatic nitrogens is 1. The molecule has 0 unspecified atom stereocenters. The number of nitrogens with one attached hydrogen (secondary N) is 2. The third-order valence-electron chi connectivity index (χ3n) is 3.52. The minimum absolute atomic E-state index is 0.0954. The van der Waals surface area contributed by atoms with Gasteiger partial charge in [-0.1, -0.05) is 19.3 Å². The van der Waals surface area contributed by atoms with Crippen LogP contribution in [0.4, 0.5) is 5.82 Å². The summed E-state index contributed by atoms with van der Waals surface area (Å²) in [4.78, 5) is 15.9. The smallest absolute Gasteiger partial charge is 0.221 e. The van der Waals surface area contributed by atoms with Crippen LogP contribution in [0, 0.1) is 11.3 Å². The van der Waals surface area contributed by atoms with Crippen molar-refractivity contribution in [2.75, 3.05) is 11.9 Å². The molecule has 1 saturated carbocycles. The predicted octanol–water partition coefficient (Wildman–Crippen LogP) is 2.20. The van der Waals surface area contributed by atoms with Gasteiger partial charge in [-0.25, -0.2) is 4.98 Å².